The summed E-state index contributed by atoms with van der Waals surface area (Å²) in [5.74, 6) is -0.361. The zero-order chi connectivity index (χ0) is 14.0. The van der Waals surface area contributed by atoms with Gasteiger partial charge < -0.3 is 0 Å². The molecule has 0 bridgehead atoms. The van der Waals surface area contributed by atoms with Crippen LogP contribution in [-0.4, -0.2) is 36.0 Å². The van der Waals surface area contributed by atoms with E-state index in [2.05, 4.69) is 10.1 Å². The summed E-state index contributed by atoms with van der Waals surface area (Å²) in [6, 6.07) is 7.70. The van der Waals surface area contributed by atoms with Gasteiger partial charge in [-0.2, -0.15) is 0 Å². The molecule has 2 rings (SSSR count). The summed E-state index contributed by atoms with van der Waals surface area (Å²) in [5.41, 5.74) is 1.94. The van der Waals surface area contributed by atoms with Crippen molar-refractivity contribution in [2.75, 3.05) is 0 Å². The number of amides is 1. The monoisotopic (exact) mass is 323 g/mol. The molecule has 0 saturated heterocycles. The van der Waals surface area contributed by atoms with Gasteiger partial charge in [0.2, 0.25) is 0 Å². The molecule has 6 heteroatoms. The van der Waals surface area contributed by atoms with Crippen molar-refractivity contribution in [2.45, 2.75) is 20.8 Å². The molecule has 0 aliphatic rings. The van der Waals surface area contributed by atoms with E-state index in [1.165, 1.54) is 13.8 Å². The SMILES string of the molecule is CC(=O)N=c1[se]c(C(C)=O)nn1-c1ccc(C)cc1. The Morgan fingerprint density at radius 3 is 2.37 bits per heavy atom. The number of aromatic nitrogens is 2. The van der Waals surface area contributed by atoms with Crippen molar-refractivity contribution in [3.8, 4) is 5.69 Å². The second kappa shape index (κ2) is 5.46. The molecule has 0 aliphatic carbocycles. The predicted molar refractivity (Wildman–Crippen MR) is 71.5 cm³/mol. The van der Waals surface area contributed by atoms with Crippen LogP contribution in [0.3, 0.4) is 0 Å². The number of hydrogen-bond acceptors (Lipinski definition) is 3. The van der Waals surface area contributed by atoms with E-state index in [1.807, 2.05) is 31.2 Å². The first-order valence-corrected chi connectivity index (χ1v) is 7.42. The maximum atomic E-state index is 11.4. The molecular formula is C13H13N3O2Se. The first-order valence-electron chi connectivity index (χ1n) is 5.71. The van der Waals surface area contributed by atoms with Crippen LogP contribution < -0.4 is 4.36 Å². The molecule has 2 aromatic rings. The Morgan fingerprint density at radius 1 is 1.21 bits per heavy atom. The van der Waals surface area contributed by atoms with E-state index in [-0.39, 0.29) is 26.2 Å². The summed E-state index contributed by atoms with van der Waals surface area (Å²) in [6.45, 7) is 4.86. The van der Waals surface area contributed by atoms with E-state index in [1.54, 1.807) is 4.68 Å². The van der Waals surface area contributed by atoms with Gasteiger partial charge in [0.25, 0.3) is 0 Å². The summed E-state index contributed by atoms with van der Waals surface area (Å²) >= 11 is -0.317. The Balaban J connectivity index is 2.64. The summed E-state index contributed by atoms with van der Waals surface area (Å²) in [7, 11) is 0. The number of rotatable bonds is 2. The Labute approximate surface area is 116 Å². The normalized spacial score (nSPS) is 11.6. The Morgan fingerprint density at radius 2 is 1.84 bits per heavy atom. The molecule has 98 valence electrons. The molecule has 0 saturated carbocycles. The van der Waals surface area contributed by atoms with E-state index >= 15 is 0 Å². The van der Waals surface area contributed by atoms with Gasteiger partial charge >= 0.3 is 116 Å². The molecule has 0 unspecified atom stereocenters. The van der Waals surface area contributed by atoms with Crippen molar-refractivity contribution in [3.63, 3.8) is 0 Å². The molecule has 0 N–H and O–H groups in total. The molecule has 0 radical (unpaired) electrons. The number of benzene rings is 1. The number of hydrogen-bond donors (Lipinski definition) is 0. The summed E-state index contributed by atoms with van der Waals surface area (Å²) in [4.78, 5) is 26.5. The standard InChI is InChI=1S/C13H13N3O2Se/c1-8-4-6-11(7-5-8)16-13(14-10(3)18)19-12(15-16)9(2)17/h4-7H,1-3H3. The fraction of sp³-hybridized carbons (Fsp3) is 0.231. The third-order valence-corrected chi connectivity index (χ3v) is 4.51. The van der Waals surface area contributed by atoms with Crippen molar-refractivity contribution < 1.29 is 9.59 Å². The zero-order valence-corrected chi connectivity index (χ0v) is 12.6. The number of ketones is 1. The average molecular weight is 322 g/mol. The van der Waals surface area contributed by atoms with Gasteiger partial charge in [0.05, 0.1) is 0 Å². The quantitative estimate of drug-likeness (QED) is 0.609. The molecule has 0 atom stereocenters. The minimum absolute atomic E-state index is 0.0779. The minimum atomic E-state index is -0.317. The zero-order valence-electron chi connectivity index (χ0n) is 10.9. The molecule has 1 aromatic carbocycles. The van der Waals surface area contributed by atoms with Crippen LogP contribution in [0.15, 0.2) is 29.3 Å². The summed E-state index contributed by atoms with van der Waals surface area (Å²) in [5, 5.41) is 4.27. The third-order valence-electron chi connectivity index (χ3n) is 2.39. The van der Waals surface area contributed by atoms with Gasteiger partial charge in [-0.05, 0) is 0 Å². The molecule has 0 aliphatic heterocycles. The van der Waals surface area contributed by atoms with Crippen LogP contribution >= 0.6 is 0 Å². The molecule has 1 heterocycles. The molecule has 19 heavy (non-hydrogen) atoms. The molecule has 5 nitrogen and oxygen atoms in total. The van der Waals surface area contributed by atoms with Gasteiger partial charge in [-0.15, -0.1) is 0 Å². The van der Waals surface area contributed by atoms with Crippen molar-refractivity contribution in [3.05, 3.63) is 38.8 Å². The van der Waals surface area contributed by atoms with E-state index in [4.69, 9.17) is 0 Å². The third kappa shape index (κ3) is 3.16. The van der Waals surface area contributed by atoms with Crippen molar-refractivity contribution in [2.24, 2.45) is 4.99 Å². The molecule has 1 aromatic heterocycles. The second-order valence-corrected chi connectivity index (χ2v) is 6.13. The van der Waals surface area contributed by atoms with E-state index in [9.17, 15) is 9.59 Å². The van der Waals surface area contributed by atoms with E-state index < -0.39 is 0 Å². The number of nitrogens with zero attached hydrogens (tertiary/aromatic N) is 3. The van der Waals surface area contributed by atoms with Crippen molar-refractivity contribution >= 4 is 26.2 Å². The topological polar surface area (TPSA) is 64.3 Å². The average Bonchev–Trinajstić information content (AvgIpc) is 2.73. The number of carbonyl (C=O) groups excluding carboxylic acids is 2. The predicted octanol–water partition coefficient (Wildman–Crippen LogP) is 0.888. The molecule has 1 amide bonds. The summed E-state index contributed by atoms with van der Waals surface area (Å²) in [6.07, 6.45) is 0. The fourth-order valence-corrected chi connectivity index (χ4v) is 3.26. The number of aryl methyl sites for hydroxylation is 1. The van der Waals surface area contributed by atoms with Crippen LogP contribution in [0.1, 0.15) is 28.8 Å². The van der Waals surface area contributed by atoms with Crippen molar-refractivity contribution in [1.82, 2.24) is 9.78 Å². The molecule has 0 fully saturated rings. The van der Waals surface area contributed by atoms with Gasteiger partial charge in [-0.1, -0.05) is 0 Å². The van der Waals surface area contributed by atoms with Crippen LogP contribution in [0.25, 0.3) is 5.69 Å². The summed E-state index contributed by atoms with van der Waals surface area (Å²) < 4.78 is 2.61. The second-order valence-electron chi connectivity index (χ2n) is 4.12. The van der Waals surface area contributed by atoms with Crippen LogP contribution in [0.2, 0.25) is 0 Å². The molecular weight excluding hydrogens is 309 g/mol. The Kier molecular flexibility index (Phi) is 3.93. The van der Waals surface area contributed by atoms with Crippen LogP contribution in [0.5, 0.6) is 0 Å². The van der Waals surface area contributed by atoms with Crippen LogP contribution in [0.4, 0.5) is 0 Å². The van der Waals surface area contributed by atoms with Gasteiger partial charge in [0, 0.05) is 0 Å². The Bertz CT molecular complexity index is 695. The maximum absolute atomic E-state index is 11.4. The van der Waals surface area contributed by atoms with E-state index in [0.29, 0.717) is 8.93 Å². The van der Waals surface area contributed by atoms with Gasteiger partial charge in [-0.25, -0.2) is 0 Å². The number of Topliss-reactive ketones (excluding diaryl/α,β-unsaturated/α-hetero) is 1. The van der Waals surface area contributed by atoms with Gasteiger partial charge in [0.1, 0.15) is 0 Å². The molecule has 0 spiro atoms. The fourth-order valence-electron chi connectivity index (χ4n) is 1.49. The van der Waals surface area contributed by atoms with Crippen LogP contribution in [-0.2, 0) is 4.79 Å². The van der Waals surface area contributed by atoms with E-state index in [0.717, 1.165) is 11.3 Å². The van der Waals surface area contributed by atoms with Crippen molar-refractivity contribution in [1.29, 1.82) is 0 Å². The van der Waals surface area contributed by atoms with Crippen LogP contribution in [0, 0.1) is 6.92 Å². The number of carbonyl (C=O) groups is 2. The van der Waals surface area contributed by atoms with Gasteiger partial charge in [0.15, 0.2) is 0 Å². The Hall–Kier alpha value is -1.78. The van der Waals surface area contributed by atoms with Gasteiger partial charge in [-0.3, -0.25) is 0 Å². The first kappa shape index (κ1) is 13.6. The first-order chi connectivity index (χ1) is 8.97.